The van der Waals surface area contributed by atoms with Crippen LogP contribution in [-0.4, -0.2) is 96.9 Å². The van der Waals surface area contributed by atoms with E-state index < -0.39 is 42.7 Å². The molecule has 3 saturated heterocycles. The Morgan fingerprint density at radius 2 is 1.77 bits per heavy atom. The highest BCUT2D eigenvalue weighted by atomic mass is 31.2. The molecule has 3 aliphatic rings. The largest absolute Gasteiger partial charge is 0.399 e. The number of carbonyl (C=O) groups excluding carboxylic acids is 4. The molecule has 3 aromatic rings. The van der Waals surface area contributed by atoms with Crippen molar-refractivity contribution in [1.82, 2.24) is 25.0 Å². The minimum absolute atomic E-state index is 0.0108. The SMILES string of the molecule is CC(=O)N1CC[C@H]2CC[C@@H](C(=O)N3CCC[C@@H]3Cc3ccccc3)N2C(=O)C(NC(=O)c2cc3cc(C(F)(F)P(=O)(O)O)ccc3[nH]2)C1. The van der Waals surface area contributed by atoms with Crippen LogP contribution >= 0.6 is 7.60 Å². The number of rotatable bonds is 7. The average molecular weight is 686 g/mol. The minimum atomic E-state index is -5.81. The molecule has 0 radical (unpaired) electrons. The summed E-state index contributed by atoms with van der Waals surface area (Å²) < 4.78 is 40.1. The summed E-state index contributed by atoms with van der Waals surface area (Å²) in [6.45, 7) is 2.19. The number of carbonyl (C=O) groups is 4. The van der Waals surface area contributed by atoms with Gasteiger partial charge in [-0.3, -0.25) is 23.7 Å². The molecule has 2 aromatic carbocycles. The van der Waals surface area contributed by atoms with Crippen LogP contribution in [0.4, 0.5) is 8.78 Å². The van der Waals surface area contributed by atoms with Gasteiger partial charge in [-0.25, -0.2) is 0 Å². The average Bonchev–Trinajstić information content (AvgIpc) is 3.79. The number of alkyl halides is 2. The van der Waals surface area contributed by atoms with E-state index in [1.807, 2.05) is 35.2 Å². The highest BCUT2D eigenvalue weighted by molar-refractivity contribution is 7.52. The summed E-state index contributed by atoms with van der Waals surface area (Å²) in [6.07, 6.45) is 3.98. The number of hydrogen-bond acceptors (Lipinski definition) is 5. The van der Waals surface area contributed by atoms with Gasteiger partial charge in [-0.05, 0) is 62.3 Å². The number of aromatic nitrogens is 1. The third-order valence-corrected chi connectivity index (χ3v) is 10.8. The number of halogens is 2. The van der Waals surface area contributed by atoms with Gasteiger partial charge in [0, 0.05) is 55.1 Å². The molecule has 0 spiro atoms. The molecule has 3 fully saturated rings. The Hall–Kier alpha value is -4.13. The summed E-state index contributed by atoms with van der Waals surface area (Å²) >= 11 is 0. The lowest BCUT2D eigenvalue weighted by atomic mass is 10.0. The number of nitrogens with one attached hydrogen (secondary N) is 2. The highest BCUT2D eigenvalue weighted by Gasteiger charge is 2.51. The van der Waals surface area contributed by atoms with Gasteiger partial charge in [0.05, 0.1) is 0 Å². The number of aromatic amines is 1. The predicted molar refractivity (Wildman–Crippen MR) is 171 cm³/mol. The smallest absolute Gasteiger partial charge is 0.351 e. The molecule has 4 amide bonds. The number of hydrogen-bond donors (Lipinski definition) is 4. The van der Waals surface area contributed by atoms with E-state index in [1.165, 1.54) is 24.0 Å². The fourth-order valence-electron chi connectivity index (χ4n) is 7.27. The molecule has 1 aromatic heterocycles. The van der Waals surface area contributed by atoms with Crippen molar-refractivity contribution < 1.29 is 42.3 Å². The van der Waals surface area contributed by atoms with Crippen LogP contribution in [0.1, 0.15) is 60.6 Å². The Bertz CT molecular complexity index is 1780. The van der Waals surface area contributed by atoms with Gasteiger partial charge in [-0.1, -0.05) is 36.4 Å². The molecule has 48 heavy (non-hydrogen) atoms. The first kappa shape index (κ1) is 33.8. The van der Waals surface area contributed by atoms with E-state index in [2.05, 4.69) is 10.3 Å². The molecular formula is C33H38F2N5O7P. The van der Waals surface area contributed by atoms with Crippen LogP contribution in [0.15, 0.2) is 54.6 Å². The van der Waals surface area contributed by atoms with Crippen LogP contribution < -0.4 is 5.32 Å². The molecule has 12 nitrogen and oxygen atoms in total. The van der Waals surface area contributed by atoms with Gasteiger partial charge in [-0.15, -0.1) is 0 Å². The third-order valence-electron chi connectivity index (χ3n) is 9.78. The second-order valence-corrected chi connectivity index (χ2v) is 14.5. The first-order valence-corrected chi connectivity index (χ1v) is 17.7. The van der Waals surface area contributed by atoms with Crippen molar-refractivity contribution in [2.45, 2.75) is 75.3 Å². The summed E-state index contributed by atoms with van der Waals surface area (Å²) in [5.41, 5.74) is -4.05. The van der Waals surface area contributed by atoms with Gasteiger partial charge >= 0.3 is 13.3 Å². The topological polar surface area (TPSA) is 163 Å². The maximum atomic E-state index is 14.3. The number of fused-ring (bicyclic) bond motifs is 2. The standard InChI is InChI=1S/C33H38F2N5O7P/c1-20(41)38-15-13-24-10-12-29(32(44)39-14-5-8-25(39)16-21-6-3-2-4-7-21)40(24)31(43)28(19-38)37-30(42)27-18-22-17-23(9-11-26(22)36-27)33(34,35)48(45,46)47/h2-4,6-7,9,11,17-18,24-25,28-29,36H,5,8,10,12-16,19H2,1H3,(H,37,42)(H2,45,46,47)/t24-,25-,28?,29+/m1/s1. The molecule has 256 valence electrons. The highest BCUT2D eigenvalue weighted by Crippen LogP contribution is 2.59. The number of likely N-dealkylation sites (tertiary alicyclic amines) is 1. The van der Waals surface area contributed by atoms with Crippen molar-refractivity contribution in [1.29, 1.82) is 0 Å². The molecule has 4 atom stereocenters. The molecule has 0 aliphatic carbocycles. The quantitative estimate of drug-likeness (QED) is 0.277. The predicted octanol–water partition coefficient (Wildman–Crippen LogP) is 3.34. The van der Waals surface area contributed by atoms with Crippen LogP contribution in [0.2, 0.25) is 0 Å². The van der Waals surface area contributed by atoms with E-state index in [-0.39, 0.29) is 47.0 Å². The second kappa shape index (κ2) is 13.1. The second-order valence-electron chi connectivity index (χ2n) is 12.9. The van der Waals surface area contributed by atoms with Crippen molar-refractivity contribution in [2.24, 2.45) is 0 Å². The number of benzene rings is 2. The number of amides is 4. The summed E-state index contributed by atoms with van der Waals surface area (Å²) in [6, 6.07) is 11.9. The van der Waals surface area contributed by atoms with Crippen molar-refractivity contribution in [2.75, 3.05) is 19.6 Å². The van der Waals surface area contributed by atoms with Gasteiger partial charge < -0.3 is 34.8 Å². The van der Waals surface area contributed by atoms with Gasteiger partial charge in [0.25, 0.3) is 5.91 Å². The molecule has 4 N–H and O–H groups in total. The Morgan fingerprint density at radius 3 is 2.48 bits per heavy atom. The lowest BCUT2D eigenvalue weighted by Gasteiger charge is -2.39. The fourth-order valence-corrected chi connectivity index (χ4v) is 7.75. The zero-order chi connectivity index (χ0) is 34.4. The Kier molecular flexibility index (Phi) is 9.18. The number of H-pyrrole nitrogens is 1. The van der Waals surface area contributed by atoms with Crippen LogP contribution in [0, 0.1) is 0 Å². The van der Waals surface area contributed by atoms with Gasteiger partial charge in [0.2, 0.25) is 17.7 Å². The Balaban J connectivity index is 1.24. The van der Waals surface area contributed by atoms with Gasteiger partial charge in [0.1, 0.15) is 17.8 Å². The van der Waals surface area contributed by atoms with Crippen molar-refractivity contribution >= 4 is 42.1 Å². The summed E-state index contributed by atoms with van der Waals surface area (Å²) in [5.74, 6) is -1.62. The molecule has 6 rings (SSSR count). The van der Waals surface area contributed by atoms with Gasteiger partial charge in [0.15, 0.2) is 0 Å². The molecule has 0 saturated carbocycles. The Morgan fingerprint density at radius 1 is 1.02 bits per heavy atom. The van der Waals surface area contributed by atoms with Crippen molar-refractivity contribution in [3.63, 3.8) is 0 Å². The zero-order valence-electron chi connectivity index (χ0n) is 26.3. The lowest BCUT2D eigenvalue weighted by Crippen LogP contribution is -2.61. The van der Waals surface area contributed by atoms with E-state index >= 15 is 0 Å². The fraction of sp³-hybridized carbons (Fsp3) is 0.455. The Labute approximate surface area is 275 Å². The van der Waals surface area contributed by atoms with Gasteiger partial charge in [-0.2, -0.15) is 8.78 Å². The van der Waals surface area contributed by atoms with E-state index in [4.69, 9.17) is 9.79 Å². The van der Waals surface area contributed by atoms with Crippen molar-refractivity contribution in [3.8, 4) is 0 Å². The monoisotopic (exact) mass is 685 g/mol. The zero-order valence-corrected chi connectivity index (χ0v) is 27.2. The van der Waals surface area contributed by atoms with E-state index in [1.54, 1.807) is 4.90 Å². The van der Waals surface area contributed by atoms with Crippen LogP contribution in [0.25, 0.3) is 10.9 Å². The van der Waals surface area contributed by atoms with Crippen LogP contribution in [-0.2, 0) is 31.0 Å². The third kappa shape index (κ3) is 6.48. The molecule has 0 bridgehead atoms. The molecular weight excluding hydrogens is 647 g/mol. The van der Waals surface area contributed by atoms with Crippen molar-refractivity contribution in [3.05, 3.63) is 71.4 Å². The van der Waals surface area contributed by atoms with E-state index in [0.29, 0.717) is 38.8 Å². The first-order valence-electron chi connectivity index (χ1n) is 16.0. The van der Waals surface area contributed by atoms with Crippen LogP contribution in [0.3, 0.4) is 0 Å². The molecule has 3 aliphatic heterocycles. The van der Waals surface area contributed by atoms with E-state index in [9.17, 15) is 32.5 Å². The molecule has 15 heteroatoms. The minimum Gasteiger partial charge on any atom is -0.351 e. The number of nitrogens with zero attached hydrogens (tertiary/aromatic N) is 3. The molecule has 1 unspecified atom stereocenters. The normalized spacial score (nSPS) is 23.6. The maximum absolute atomic E-state index is 14.3. The maximum Gasteiger partial charge on any atom is 0.399 e. The lowest BCUT2D eigenvalue weighted by molar-refractivity contribution is -0.149. The molecule has 4 heterocycles. The summed E-state index contributed by atoms with van der Waals surface area (Å²) in [4.78, 5) is 80.4. The summed E-state index contributed by atoms with van der Waals surface area (Å²) in [5, 5.41) is 2.80. The summed E-state index contributed by atoms with van der Waals surface area (Å²) in [7, 11) is -5.81. The van der Waals surface area contributed by atoms with E-state index in [0.717, 1.165) is 30.5 Å². The first-order chi connectivity index (χ1) is 22.7. The van der Waals surface area contributed by atoms with Crippen LogP contribution in [0.5, 0.6) is 0 Å².